The first-order valence-corrected chi connectivity index (χ1v) is 7.42. The third-order valence-electron chi connectivity index (χ3n) is 2.90. The van der Waals surface area contributed by atoms with E-state index in [2.05, 4.69) is 59.1 Å². The highest BCUT2D eigenvalue weighted by Crippen LogP contribution is 2.23. The zero-order valence-electron chi connectivity index (χ0n) is 10.2. The second-order valence-corrected chi connectivity index (χ2v) is 5.70. The van der Waals surface area contributed by atoms with Gasteiger partial charge >= 0.3 is 0 Å². The molecular weight excluding hydrogens is 357 g/mol. The molecule has 3 heteroatoms. The van der Waals surface area contributed by atoms with Gasteiger partial charge in [0.2, 0.25) is 0 Å². The molecule has 0 aromatic heterocycles. The van der Waals surface area contributed by atoms with Gasteiger partial charge in [-0.15, -0.1) is 0 Å². The van der Waals surface area contributed by atoms with Crippen molar-refractivity contribution in [1.82, 2.24) is 0 Å². The maximum absolute atomic E-state index is 5.95. The van der Waals surface area contributed by atoms with Crippen LogP contribution in [0.25, 0.3) is 0 Å². The van der Waals surface area contributed by atoms with E-state index < -0.39 is 0 Å². The van der Waals surface area contributed by atoms with Crippen LogP contribution in [0.4, 0.5) is 5.69 Å². The molecule has 2 aromatic carbocycles. The van der Waals surface area contributed by atoms with Crippen LogP contribution in [0.1, 0.15) is 18.1 Å². The van der Waals surface area contributed by atoms with Gasteiger partial charge < -0.3 is 5.32 Å². The minimum absolute atomic E-state index is 0.777. The number of aryl methyl sites for hydroxylation is 1. The quantitative estimate of drug-likeness (QED) is 0.736. The fourth-order valence-corrected chi connectivity index (χ4v) is 2.96. The molecule has 0 aliphatic heterocycles. The van der Waals surface area contributed by atoms with Gasteiger partial charge in [0.25, 0.3) is 0 Å². The minimum Gasteiger partial charge on any atom is -0.380 e. The van der Waals surface area contributed by atoms with Crippen molar-refractivity contribution in [3.63, 3.8) is 0 Å². The Hall–Kier alpha value is -0.740. The molecule has 0 saturated heterocycles. The summed E-state index contributed by atoms with van der Waals surface area (Å²) in [7, 11) is 0. The van der Waals surface area contributed by atoms with Crippen molar-refractivity contribution in [1.29, 1.82) is 0 Å². The molecule has 1 nitrogen and oxygen atoms in total. The highest BCUT2D eigenvalue weighted by atomic mass is 127. The van der Waals surface area contributed by atoms with Crippen LogP contribution in [-0.4, -0.2) is 0 Å². The van der Waals surface area contributed by atoms with Gasteiger partial charge in [-0.3, -0.25) is 0 Å². The zero-order chi connectivity index (χ0) is 13.0. The number of rotatable bonds is 4. The molecule has 0 aliphatic rings. The second kappa shape index (κ2) is 6.43. The van der Waals surface area contributed by atoms with Crippen LogP contribution in [0.3, 0.4) is 0 Å². The summed E-state index contributed by atoms with van der Waals surface area (Å²) in [6.45, 7) is 3.03. The summed E-state index contributed by atoms with van der Waals surface area (Å²) in [4.78, 5) is 0. The SMILES string of the molecule is CCc1ccccc1CNc1ccc(Cl)cc1I. The van der Waals surface area contributed by atoms with Gasteiger partial charge in [0, 0.05) is 20.8 Å². The monoisotopic (exact) mass is 371 g/mol. The molecule has 0 heterocycles. The molecule has 0 saturated carbocycles. The van der Waals surface area contributed by atoms with Crippen LogP contribution >= 0.6 is 34.2 Å². The highest BCUT2D eigenvalue weighted by Gasteiger charge is 2.02. The summed E-state index contributed by atoms with van der Waals surface area (Å²) in [6.07, 6.45) is 1.07. The molecule has 0 radical (unpaired) electrons. The Bertz CT molecular complexity index is 540. The van der Waals surface area contributed by atoms with Crippen molar-refractivity contribution < 1.29 is 0 Å². The Balaban J connectivity index is 2.11. The first kappa shape index (κ1) is 13.7. The summed E-state index contributed by atoms with van der Waals surface area (Å²) in [5, 5.41) is 4.24. The van der Waals surface area contributed by atoms with Gasteiger partial charge in [0.05, 0.1) is 0 Å². The molecule has 0 aliphatic carbocycles. The smallest absolute Gasteiger partial charge is 0.0479 e. The Morgan fingerprint density at radius 2 is 1.83 bits per heavy atom. The van der Waals surface area contributed by atoms with Crippen LogP contribution < -0.4 is 5.32 Å². The van der Waals surface area contributed by atoms with E-state index in [4.69, 9.17) is 11.6 Å². The fourth-order valence-electron chi connectivity index (χ4n) is 1.90. The molecule has 0 amide bonds. The van der Waals surface area contributed by atoms with E-state index in [1.54, 1.807) is 0 Å². The first-order chi connectivity index (χ1) is 8.70. The predicted octanol–water partition coefficient (Wildman–Crippen LogP) is 5.12. The van der Waals surface area contributed by atoms with Crippen LogP contribution in [0.15, 0.2) is 42.5 Å². The summed E-state index contributed by atoms with van der Waals surface area (Å²) < 4.78 is 1.15. The van der Waals surface area contributed by atoms with E-state index in [1.165, 1.54) is 11.1 Å². The third-order valence-corrected chi connectivity index (χ3v) is 4.03. The molecule has 0 unspecified atom stereocenters. The Labute approximate surface area is 127 Å². The van der Waals surface area contributed by atoms with Crippen molar-refractivity contribution in [2.75, 3.05) is 5.32 Å². The second-order valence-electron chi connectivity index (χ2n) is 4.10. The van der Waals surface area contributed by atoms with Crippen molar-refractivity contribution in [2.45, 2.75) is 19.9 Å². The number of benzene rings is 2. The molecule has 1 N–H and O–H groups in total. The zero-order valence-corrected chi connectivity index (χ0v) is 13.1. The molecule has 0 spiro atoms. The summed E-state index contributed by atoms with van der Waals surface area (Å²) in [5.74, 6) is 0. The van der Waals surface area contributed by atoms with Crippen LogP contribution in [0.5, 0.6) is 0 Å². The number of nitrogens with one attached hydrogen (secondary N) is 1. The predicted molar refractivity (Wildman–Crippen MR) is 87.3 cm³/mol. The van der Waals surface area contributed by atoms with Gasteiger partial charge in [-0.1, -0.05) is 42.8 Å². The van der Waals surface area contributed by atoms with Crippen LogP contribution in [0, 0.1) is 3.57 Å². The normalized spacial score (nSPS) is 10.4. The molecule has 18 heavy (non-hydrogen) atoms. The maximum atomic E-state index is 5.95. The van der Waals surface area contributed by atoms with Gasteiger partial charge in [-0.2, -0.15) is 0 Å². The molecule has 94 valence electrons. The van der Waals surface area contributed by atoms with E-state index in [-0.39, 0.29) is 0 Å². The molecule has 0 bridgehead atoms. The number of hydrogen-bond acceptors (Lipinski definition) is 1. The van der Waals surface area contributed by atoms with E-state index in [9.17, 15) is 0 Å². The molecule has 2 aromatic rings. The highest BCUT2D eigenvalue weighted by molar-refractivity contribution is 14.1. The molecule has 0 atom stereocenters. The minimum atomic E-state index is 0.777. The fraction of sp³-hybridized carbons (Fsp3) is 0.200. The summed E-state index contributed by atoms with van der Waals surface area (Å²) in [6, 6.07) is 14.4. The van der Waals surface area contributed by atoms with E-state index >= 15 is 0 Å². The van der Waals surface area contributed by atoms with E-state index in [0.717, 1.165) is 27.2 Å². The lowest BCUT2D eigenvalue weighted by atomic mass is 10.1. The largest absolute Gasteiger partial charge is 0.380 e. The summed E-state index contributed by atoms with van der Waals surface area (Å²) in [5.41, 5.74) is 3.88. The van der Waals surface area contributed by atoms with Gasteiger partial charge in [-0.05, 0) is 58.3 Å². The lowest BCUT2D eigenvalue weighted by Crippen LogP contribution is -2.03. The lowest BCUT2D eigenvalue weighted by molar-refractivity contribution is 1.04. The van der Waals surface area contributed by atoms with E-state index in [1.807, 2.05) is 18.2 Å². The van der Waals surface area contributed by atoms with Crippen molar-refractivity contribution in [2.24, 2.45) is 0 Å². The first-order valence-electron chi connectivity index (χ1n) is 5.96. The van der Waals surface area contributed by atoms with Gasteiger partial charge in [0.15, 0.2) is 0 Å². The molecule has 0 fully saturated rings. The van der Waals surface area contributed by atoms with Crippen molar-refractivity contribution in [3.8, 4) is 0 Å². The van der Waals surface area contributed by atoms with Crippen LogP contribution in [0.2, 0.25) is 5.02 Å². The topological polar surface area (TPSA) is 12.0 Å². The lowest BCUT2D eigenvalue weighted by Gasteiger charge is -2.11. The molecule has 2 rings (SSSR count). The average Bonchev–Trinajstić information content (AvgIpc) is 2.38. The van der Waals surface area contributed by atoms with Crippen molar-refractivity contribution >= 4 is 39.9 Å². The van der Waals surface area contributed by atoms with Crippen molar-refractivity contribution in [3.05, 3.63) is 62.2 Å². The number of anilines is 1. The Morgan fingerprint density at radius 3 is 2.50 bits per heavy atom. The Morgan fingerprint density at radius 1 is 1.11 bits per heavy atom. The molecular formula is C15H15ClIN. The van der Waals surface area contributed by atoms with Crippen LogP contribution in [-0.2, 0) is 13.0 Å². The standard InChI is InChI=1S/C15H15ClIN/c1-2-11-5-3-4-6-12(11)10-18-15-8-7-13(16)9-14(15)17/h3-9,18H,2,10H2,1H3. The number of hydrogen-bond donors (Lipinski definition) is 1. The van der Waals surface area contributed by atoms with E-state index in [0.29, 0.717) is 0 Å². The van der Waals surface area contributed by atoms with Gasteiger partial charge in [0.1, 0.15) is 0 Å². The Kier molecular flexibility index (Phi) is 4.89. The maximum Gasteiger partial charge on any atom is 0.0479 e. The number of halogens is 2. The average molecular weight is 372 g/mol. The van der Waals surface area contributed by atoms with Gasteiger partial charge in [-0.25, -0.2) is 0 Å². The third kappa shape index (κ3) is 3.39. The summed E-state index contributed by atoms with van der Waals surface area (Å²) >= 11 is 8.25.